The smallest absolute Gasteiger partial charge is 0.272 e. The molecule has 0 saturated carbocycles. The summed E-state index contributed by atoms with van der Waals surface area (Å²) < 4.78 is 35.3. The highest BCUT2D eigenvalue weighted by Crippen LogP contribution is 2.31. The van der Waals surface area contributed by atoms with Gasteiger partial charge in [-0.05, 0) is 30.7 Å². The largest absolute Gasteiger partial charge is 0.485 e. The third-order valence-corrected chi connectivity index (χ3v) is 2.92. The number of benzene rings is 1. The van der Waals surface area contributed by atoms with Crippen molar-refractivity contribution in [2.45, 2.75) is 13.3 Å². The molecule has 0 N–H and O–H groups in total. The van der Waals surface area contributed by atoms with Crippen LogP contribution in [0.1, 0.15) is 5.56 Å². The minimum atomic E-state index is -2.55. The number of aryl methyl sites for hydroxylation is 1. The van der Waals surface area contributed by atoms with Crippen LogP contribution < -0.4 is 4.74 Å². The molecule has 0 fully saturated rings. The lowest BCUT2D eigenvalue weighted by Gasteiger charge is -2.07. The van der Waals surface area contributed by atoms with E-state index in [4.69, 9.17) is 9.15 Å². The van der Waals surface area contributed by atoms with Gasteiger partial charge in [-0.2, -0.15) is 0 Å². The standard InChI is InChI=1S/C15H12F2N2O2/c1-9-2-3-12-11(6-9)19-15(21-12)10-4-5-18-7-13(10)20-8-14(16)17/h2-7,14H,8H2,1H3. The highest BCUT2D eigenvalue weighted by molar-refractivity contribution is 5.77. The molecule has 0 radical (unpaired) electrons. The van der Waals surface area contributed by atoms with Crippen molar-refractivity contribution in [1.82, 2.24) is 9.97 Å². The zero-order valence-electron chi connectivity index (χ0n) is 11.2. The predicted octanol–water partition coefficient (Wildman–Crippen LogP) is 3.84. The number of pyridine rings is 1. The summed E-state index contributed by atoms with van der Waals surface area (Å²) in [5, 5.41) is 0. The fourth-order valence-electron chi connectivity index (χ4n) is 1.98. The minimum Gasteiger partial charge on any atom is -0.485 e. The predicted molar refractivity (Wildman–Crippen MR) is 73.5 cm³/mol. The highest BCUT2D eigenvalue weighted by Gasteiger charge is 2.15. The van der Waals surface area contributed by atoms with Crippen LogP contribution in [0, 0.1) is 6.92 Å². The lowest BCUT2D eigenvalue weighted by Crippen LogP contribution is -2.07. The number of fused-ring (bicyclic) bond motifs is 1. The van der Waals surface area contributed by atoms with Gasteiger partial charge >= 0.3 is 0 Å². The van der Waals surface area contributed by atoms with Crippen LogP contribution >= 0.6 is 0 Å². The van der Waals surface area contributed by atoms with E-state index in [1.54, 1.807) is 6.07 Å². The van der Waals surface area contributed by atoms with Crippen molar-refractivity contribution < 1.29 is 17.9 Å². The second-order valence-electron chi connectivity index (χ2n) is 4.56. The monoisotopic (exact) mass is 290 g/mol. The minimum absolute atomic E-state index is 0.223. The van der Waals surface area contributed by atoms with E-state index >= 15 is 0 Å². The fourth-order valence-corrected chi connectivity index (χ4v) is 1.98. The van der Waals surface area contributed by atoms with Crippen molar-refractivity contribution >= 4 is 11.1 Å². The molecule has 0 aliphatic heterocycles. The van der Waals surface area contributed by atoms with Gasteiger partial charge in [-0.1, -0.05) is 6.07 Å². The maximum absolute atomic E-state index is 12.3. The topological polar surface area (TPSA) is 48.2 Å². The van der Waals surface area contributed by atoms with Gasteiger partial charge in [-0.3, -0.25) is 4.98 Å². The maximum atomic E-state index is 12.3. The molecule has 0 aliphatic carbocycles. The van der Waals surface area contributed by atoms with Gasteiger partial charge in [-0.25, -0.2) is 13.8 Å². The number of ether oxygens (including phenoxy) is 1. The quantitative estimate of drug-likeness (QED) is 0.732. The molecule has 6 heteroatoms. The van der Waals surface area contributed by atoms with E-state index in [2.05, 4.69) is 9.97 Å². The van der Waals surface area contributed by atoms with Crippen LogP contribution in [0.25, 0.3) is 22.6 Å². The zero-order valence-corrected chi connectivity index (χ0v) is 11.2. The number of hydrogen-bond donors (Lipinski definition) is 0. The Bertz CT molecular complexity index is 771. The first-order valence-corrected chi connectivity index (χ1v) is 6.36. The number of nitrogens with zero attached hydrogens (tertiary/aromatic N) is 2. The van der Waals surface area contributed by atoms with Crippen LogP contribution in [0.3, 0.4) is 0 Å². The third-order valence-electron chi connectivity index (χ3n) is 2.92. The molecule has 0 amide bonds. The Labute approximate surface area is 119 Å². The molecule has 108 valence electrons. The van der Waals surface area contributed by atoms with Gasteiger partial charge in [0, 0.05) is 6.20 Å². The summed E-state index contributed by atoms with van der Waals surface area (Å²) in [7, 11) is 0. The van der Waals surface area contributed by atoms with E-state index in [1.165, 1.54) is 12.4 Å². The van der Waals surface area contributed by atoms with Crippen molar-refractivity contribution in [3.8, 4) is 17.2 Å². The molecule has 0 spiro atoms. The Morgan fingerprint density at radius 3 is 2.95 bits per heavy atom. The normalized spacial score (nSPS) is 11.2. The Morgan fingerprint density at radius 2 is 2.14 bits per heavy atom. The van der Waals surface area contributed by atoms with Crippen molar-refractivity contribution in [2.75, 3.05) is 6.61 Å². The lowest BCUT2D eigenvalue weighted by atomic mass is 10.2. The number of alkyl halides is 2. The van der Waals surface area contributed by atoms with Crippen molar-refractivity contribution in [3.05, 3.63) is 42.2 Å². The average molecular weight is 290 g/mol. The van der Waals surface area contributed by atoms with Gasteiger partial charge in [0.25, 0.3) is 6.43 Å². The fraction of sp³-hybridized carbons (Fsp3) is 0.200. The molecule has 2 heterocycles. The molecule has 3 aromatic rings. The molecular weight excluding hydrogens is 278 g/mol. The SMILES string of the molecule is Cc1ccc2oc(-c3ccncc3OCC(F)F)nc2c1. The van der Waals surface area contributed by atoms with E-state index in [9.17, 15) is 8.78 Å². The van der Waals surface area contributed by atoms with Gasteiger partial charge in [0.1, 0.15) is 12.1 Å². The number of halogens is 2. The van der Waals surface area contributed by atoms with E-state index < -0.39 is 13.0 Å². The lowest BCUT2D eigenvalue weighted by molar-refractivity contribution is 0.0819. The Hall–Kier alpha value is -2.50. The molecule has 1 aromatic carbocycles. The molecule has 3 rings (SSSR count). The van der Waals surface area contributed by atoms with Gasteiger partial charge in [0.05, 0.1) is 11.8 Å². The van der Waals surface area contributed by atoms with E-state index in [-0.39, 0.29) is 5.75 Å². The number of hydrogen-bond acceptors (Lipinski definition) is 4. The summed E-state index contributed by atoms with van der Waals surface area (Å²) in [6, 6.07) is 7.25. The Balaban J connectivity index is 2.01. The van der Waals surface area contributed by atoms with Crippen LogP contribution in [0.4, 0.5) is 8.78 Å². The molecule has 4 nitrogen and oxygen atoms in total. The van der Waals surface area contributed by atoms with Gasteiger partial charge < -0.3 is 9.15 Å². The highest BCUT2D eigenvalue weighted by atomic mass is 19.3. The number of oxazole rings is 1. The molecule has 21 heavy (non-hydrogen) atoms. The van der Waals surface area contributed by atoms with E-state index in [0.29, 0.717) is 22.6 Å². The molecule has 0 saturated heterocycles. The molecule has 0 bridgehead atoms. The zero-order chi connectivity index (χ0) is 14.8. The molecule has 0 aliphatic rings. The summed E-state index contributed by atoms with van der Waals surface area (Å²) in [6.07, 6.45) is 0.354. The van der Waals surface area contributed by atoms with Gasteiger partial charge in [0.2, 0.25) is 5.89 Å². The first-order chi connectivity index (χ1) is 10.1. The Kier molecular flexibility index (Phi) is 3.51. The first-order valence-electron chi connectivity index (χ1n) is 6.36. The van der Waals surface area contributed by atoms with Crippen LogP contribution in [0.15, 0.2) is 41.1 Å². The number of rotatable bonds is 4. The second kappa shape index (κ2) is 5.47. The van der Waals surface area contributed by atoms with Gasteiger partial charge in [0.15, 0.2) is 11.3 Å². The average Bonchev–Trinajstić information content (AvgIpc) is 2.88. The van der Waals surface area contributed by atoms with E-state index in [0.717, 1.165) is 5.56 Å². The van der Waals surface area contributed by atoms with Crippen LogP contribution in [-0.2, 0) is 0 Å². The van der Waals surface area contributed by atoms with Crippen LogP contribution in [0.2, 0.25) is 0 Å². The summed E-state index contributed by atoms with van der Waals surface area (Å²) in [5.41, 5.74) is 2.90. The summed E-state index contributed by atoms with van der Waals surface area (Å²) in [5.74, 6) is 0.545. The van der Waals surface area contributed by atoms with E-state index in [1.807, 2.05) is 25.1 Å². The molecule has 0 atom stereocenters. The van der Waals surface area contributed by atoms with Crippen molar-refractivity contribution in [1.29, 1.82) is 0 Å². The maximum Gasteiger partial charge on any atom is 0.272 e. The first kappa shape index (κ1) is 13.5. The van der Waals surface area contributed by atoms with Crippen LogP contribution in [-0.4, -0.2) is 23.0 Å². The molecule has 0 unspecified atom stereocenters. The summed E-state index contributed by atoms with van der Waals surface area (Å²) >= 11 is 0. The molecular formula is C15H12F2N2O2. The summed E-state index contributed by atoms with van der Waals surface area (Å²) in [4.78, 5) is 8.25. The van der Waals surface area contributed by atoms with Gasteiger partial charge in [-0.15, -0.1) is 0 Å². The Morgan fingerprint density at radius 1 is 1.29 bits per heavy atom. The molecule has 2 aromatic heterocycles. The third kappa shape index (κ3) is 2.84. The van der Waals surface area contributed by atoms with Crippen LogP contribution in [0.5, 0.6) is 5.75 Å². The number of aromatic nitrogens is 2. The van der Waals surface area contributed by atoms with Crippen molar-refractivity contribution in [3.63, 3.8) is 0 Å². The van der Waals surface area contributed by atoms with Crippen molar-refractivity contribution in [2.24, 2.45) is 0 Å². The second-order valence-corrected chi connectivity index (χ2v) is 4.56. The summed E-state index contributed by atoms with van der Waals surface area (Å²) in [6.45, 7) is 1.26.